The predicted octanol–water partition coefficient (Wildman–Crippen LogP) is 2.21. The standard InChI is InChI=1S/C12H21N3O2/c1-7(2)6-9(13)12-14-11(15-17-12)10(16-3)8-4-5-8/h7-10H,4-6,13H2,1-3H3. The molecule has 1 heterocycles. The van der Waals surface area contributed by atoms with Crippen LogP contribution in [0.4, 0.5) is 0 Å². The van der Waals surface area contributed by atoms with Crippen molar-refractivity contribution in [3.63, 3.8) is 0 Å². The normalized spacial score (nSPS) is 19.6. The lowest BCUT2D eigenvalue weighted by Crippen LogP contribution is -2.14. The first-order chi connectivity index (χ1) is 8.11. The van der Waals surface area contributed by atoms with Crippen LogP contribution in [-0.2, 0) is 4.74 Å². The van der Waals surface area contributed by atoms with Crippen molar-refractivity contribution in [3.05, 3.63) is 11.7 Å². The molecule has 0 amide bonds. The molecule has 1 saturated carbocycles. The van der Waals surface area contributed by atoms with Crippen LogP contribution in [0.15, 0.2) is 4.52 Å². The summed E-state index contributed by atoms with van der Waals surface area (Å²) in [5, 5.41) is 3.99. The Morgan fingerprint density at radius 3 is 2.71 bits per heavy atom. The Morgan fingerprint density at radius 2 is 2.18 bits per heavy atom. The van der Waals surface area contributed by atoms with E-state index in [0.717, 1.165) is 6.42 Å². The van der Waals surface area contributed by atoms with E-state index in [1.54, 1.807) is 7.11 Å². The molecule has 96 valence electrons. The topological polar surface area (TPSA) is 74.2 Å². The van der Waals surface area contributed by atoms with Gasteiger partial charge >= 0.3 is 0 Å². The van der Waals surface area contributed by atoms with Gasteiger partial charge in [-0.25, -0.2) is 0 Å². The lowest BCUT2D eigenvalue weighted by Gasteiger charge is -2.09. The summed E-state index contributed by atoms with van der Waals surface area (Å²) < 4.78 is 10.6. The van der Waals surface area contributed by atoms with Crippen molar-refractivity contribution in [2.75, 3.05) is 7.11 Å². The molecule has 17 heavy (non-hydrogen) atoms. The van der Waals surface area contributed by atoms with Gasteiger partial charge in [0.1, 0.15) is 6.10 Å². The van der Waals surface area contributed by atoms with E-state index in [2.05, 4.69) is 24.0 Å². The number of hydrogen-bond donors (Lipinski definition) is 1. The first-order valence-electron chi connectivity index (χ1n) is 6.23. The van der Waals surface area contributed by atoms with Gasteiger partial charge in [0.05, 0.1) is 6.04 Å². The molecule has 1 aliphatic carbocycles. The summed E-state index contributed by atoms with van der Waals surface area (Å²) in [5.74, 6) is 2.23. The minimum atomic E-state index is -0.173. The predicted molar refractivity (Wildman–Crippen MR) is 63.2 cm³/mol. The Balaban J connectivity index is 2.03. The molecule has 2 atom stereocenters. The fraction of sp³-hybridized carbons (Fsp3) is 0.833. The molecular formula is C12H21N3O2. The Morgan fingerprint density at radius 1 is 1.47 bits per heavy atom. The zero-order valence-electron chi connectivity index (χ0n) is 10.7. The van der Waals surface area contributed by atoms with E-state index in [1.165, 1.54) is 12.8 Å². The maximum Gasteiger partial charge on any atom is 0.243 e. The highest BCUT2D eigenvalue weighted by Gasteiger charge is 2.36. The molecule has 2 N–H and O–H groups in total. The van der Waals surface area contributed by atoms with Gasteiger partial charge in [-0.2, -0.15) is 4.98 Å². The maximum absolute atomic E-state index is 6.01. The smallest absolute Gasteiger partial charge is 0.243 e. The van der Waals surface area contributed by atoms with Crippen molar-refractivity contribution < 1.29 is 9.26 Å². The van der Waals surface area contributed by atoms with Crippen LogP contribution in [0, 0.1) is 11.8 Å². The van der Waals surface area contributed by atoms with Gasteiger partial charge in [0, 0.05) is 7.11 Å². The molecule has 0 aromatic carbocycles. The number of nitrogens with zero attached hydrogens (tertiary/aromatic N) is 2. The molecule has 5 nitrogen and oxygen atoms in total. The van der Waals surface area contributed by atoms with E-state index in [-0.39, 0.29) is 12.1 Å². The number of rotatable bonds is 6. The molecule has 0 saturated heterocycles. The monoisotopic (exact) mass is 239 g/mol. The summed E-state index contributed by atoms with van der Waals surface area (Å²) in [6.07, 6.45) is 3.18. The second kappa shape index (κ2) is 5.14. The van der Waals surface area contributed by atoms with E-state index >= 15 is 0 Å². The molecule has 1 aliphatic rings. The van der Waals surface area contributed by atoms with Crippen molar-refractivity contribution in [2.45, 2.75) is 45.3 Å². The lowest BCUT2D eigenvalue weighted by atomic mass is 10.0. The summed E-state index contributed by atoms with van der Waals surface area (Å²) in [7, 11) is 1.69. The van der Waals surface area contributed by atoms with E-state index < -0.39 is 0 Å². The largest absolute Gasteiger partial charge is 0.373 e. The van der Waals surface area contributed by atoms with Crippen LogP contribution in [0.1, 0.15) is 57.0 Å². The maximum atomic E-state index is 6.01. The lowest BCUT2D eigenvalue weighted by molar-refractivity contribution is 0.0751. The fourth-order valence-corrected chi connectivity index (χ4v) is 2.03. The molecule has 0 radical (unpaired) electrons. The van der Waals surface area contributed by atoms with Crippen molar-refractivity contribution >= 4 is 0 Å². The fourth-order valence-electron chi connectivity index (χ4n) is 2.03. The minimum Gasteiger partial charge on any atom is -0.373 e. The van der Waals surface area contributed by atoms with Gasteiger partial charge in [-0.1, -0.05) is 19.0 Å². The second-order valence-electron chi connectivity index (χ2n) is 5.22. The first kappa shape index (κ1) is 12.5. The Labute approximate surface area is 102 Å². The SMILES string of the molecule is COC(c1noc(C(N)CC(C)C)n1)C1CC1. The Bertz CT molecular complexity index is 360. The van der Waals surface area contributed by atoms with E-state index in [0.29, 0.717) is 23.6 Å². The average Bonchev–Trinajstić information content (AvgIpc) is 2.95. The minimum absolute atomic E-state index is 0.0289. The van der Waals surface area contributed by atoms with Gasteiger partial charge in [0.2, 0.25) is 11.7 Å². The number of nitrogens with two attached hydrogens (primary N) is 1. The molecule has 1 aromatic heterocycles. The third-order valence-corrected chi connectivity index (χ3v) is 3.06. The molecule has 0 bridgehead atoms. The molecular weight excluding hydrogens is 218 g/mol. The molecule has 2 rings (SSSR count). The van der Waals surface area contributed by atoms with Gasteiger partial charge < -0.3 is 15.0 Å². The number of hydrogen-bond acceptors (Lipinski definition) is 5. The quantitative estimate of drug-likeness (QED) is 0.823. The van der Waals surface area contributed by atoms with E-state index in [9.17, 15) is 0 Å². The van der Waals surface area contributed by atoms with Crippen molar-refractivity contribution in [3.8, 4) is 0 Å². The van der Waals surface area contributed by atoms with Gasteiger partial charge in [-0.3, -0.25) is 0 Å². The van der Waals surface area contributed by atoms with Crippen LogP contribution in [0.25, 0.3) is 0 Å². The molecule has 0 spiro atoms. The van der Waals surface area contributed by atoms with Crippen LogP contribution in [0.5, 0.6) is 0 Å². The average molecular weight is 239 g/mol. The van der Waals surface area contributed by atoms with Crippen LogP contribution < -0.4 is 5.73 Å². The molecule has 5 heteroatoms. The van der Waals surface area contributed by atoms with E-state index in [1.807, 2.05) is 0 Å². The van der Waals surface area contributed by atoms with Gasteiger partial charge in [0.25, 0.3) is 0 Å². The van der Waals surface area contributed by atoms with Crippen LogP contribution in [0.2, 0.25) is 0 Å². The highest BCUT2D eigenvalue weighted by atomic mass is 16.5. The number of ether oxygens (including phenoxy) is 1. The third kappa shape index (κ3) is 3.04. The zero-order valence-corrected chi connectivity index (χ0v) is 10.7. The van der Waals surface area contributed by atoms with E-state index in [4.69, 9.17) is 15.0 Å². The van der Waals surface area contributed by atoms with Gasteiger partial charge in [-0.05, 0) is 31.1 Å². The van der Waals surface area contributed by atoms with Gasteiger partial charge in [-0.15, -0.1) is 0 Å². The highest BCUT2D eigenvalue weighted by molar-refractivity contribution is 5.00. The summed E-state index contributed by atoms with van der Waals surface area (Å²) in [5.41, 5.74) is 6.01. The zero-order chi connectivity index (χ0) is 12.4. The summed E-state index contributed by atoms with van der Waals surface area (Å²) >= 11 is 0. The van der Waals surface area contributed by atoms with Crippen LogP contribution in [-0.4, -0.2) is 17.3 Å². The molecule has 1 aromatic rings. The first-order valence-corrected chi connectivity index (χ1v) is 6.23. The molecule has 2 unspecified atom stereocenters. The number of methoxy groups -OCH3 is 1. The Hall–Kier alpha value is -0.940. The van der Waals surface area contributed by atoms with Crippen molar-refractivity contribution in [2.24, 2.45) is 17.6 Å². The second-order valence-corrected chi connectivity index (χ2v) is 5.22. The van der Waals surface area contributed by atoms with Gasteiger partial charge in [0.15, 0.2) is 0 Å². The van der Waals surface area contributed by atoms with Crippen LogP contribution >= 0.6 is 0 Å². The Kier molecular flexibility index (Phi) is 3.79. The highest BCUT2D eigenvalue weighted by Crippen LogP contribution is 2.42. The molecule has 0 aliphatic heterocycles. The third-order valence-electron chi connectivity index (χ3n) is 3.06. The summed E-state index contributed by atoms with van der Waals surface area (Å²) in [6.45, 7) is 4.25. The van der Waals surface area contributed by atoms with Crippen LogP contribution in [0.3, 0.4) is 0 Å². The summed E-state index contributed by atoms with van der Waals surface area (Å²) in [6, 6.07) is -0.173. The van der Waals surface area contributed by atoms with Crippen molar-refractivity contribution in [1.29, 1.82) is 0 Å². The van der Waals surface area contributed by atoms with Crippen molar-refractivity contribution in [1.82, 2.24) is 10.1 Å². The molecule has 1 fully saturated rings. The number of aromatic nitrogens is 2. The summed E-state index contributed by atoms with van der Waals surface area (Å²) in [4.78, 5) is 4.37.